The highest BCUT2D eigenvalue weighted by Gasteiger charge is 2.28. The number of anilines is 1. The Kier molecular flexibility index (Phi) is 2.46. The van der Waals surface area contributed by atoms with Gasteiger partial charge in [-0.2, -0.15) is 5.10 Å². The summed E-state index contributed by atoms with van der Waals surface area (Å²) < 4.78 is 25.8. The molecule has 2 rings (SSSR count). The van der Waals surface area contributed by atoms with E-state index in [1.54, 1.807) is 0 Å². The Morgan fingerprint density at radius 1 is 1.47 bits per heavy atom. The molecule has 84 valence electrons. The minimum absolute atomic E-state index is 0.221. The maximum Gasteiger partial charge on any atom is 0.234 e. The fourth-order valence-corrected chi connectivity index (χ4v) is 2.90. The largest absolute Gasteiger partial charge is 0.280 e. The molecular weight excluding hydrogens is 214 g/mol. The maximum atomic E-state index is 11.6. The third-order valence-electron chi connectivity index (χ3n) is 2.66. The van der Waals surface area contributed by atoms with E-state index in [0.29, 0.717) is 11.7 Å². The van der Waals surface area contributed by atoms with Gasteiger partial charge in [0, 0.05) is 11.3 Å². The van der Waals surface area contributed by atoms with Crippen LogP contribution < -0.4 is 4.72 Å². The Morgan fingerprint density at radius 2 is 2.13 bits per heavy atom. The van der Waals surface area contributed by atoms with Gasteiger partial charge in [0.25, 0.3) is 0 Å². The number of aryl methyl sites for hydroxylation is 1. The summed E-state index contributed by atoms with van der Waals surface area (Å²) in [7, 11) is -3.21. The number of rotatable bonds is 4. The molecule has 0 aromatic carbocycles. The predicted molar refractivity (Wildman–Crippen MR) is 58.2 cm³/mol. The number of aromatic nitrogens is 2. The van der Waals surface area contributed by atoms with Gasteiger partial charge >= 0.3 is 0 Å². The molecule has 0 atom stereocenters. The molecule has 0 unspecified atom stereocenters. The second kappa shape index (κ2) is 3.52. The molecule has 0 radical (unpaired) electrons. The molecule has 0 spiro atoms. The predicted octanol–water partition coefficient (Wildman–Crippen LogP) is 1.18. The standard InChI is InChI=1S/C9H15N3O2S/c1-6-7(2)10-11-9(6)12-15(13,14)5-8-3-4-8/h8H,3-5H2,1-2H3,(H2,10,11,12). The highest BCUT2D eigenvalue weighted by atomic mass is 32.2. The summed E-state index contributed by atoms with van der Waals surface area (Å²) in [5.74, 6) is 0.995. The average molecular weight is 229 g/mol. The van der Waals surface area contributed by atoms with E-state index in [2.05, 4.69) is 14.9 Å². The average Bonchev–Trinajstić information content (AvgIpc) is 2.88. The number of aromatic amines is 1. The van der Waals surface area contributed by atoms with Crippen molar-refractivity contribution >= 4 is 15.8 Å². The van der Waals surface area contributed by atoms with Crippen molar-refractivity contribution in [2.24, 2.45) is 5.92 Å². The molecule has 0 saturated heterocycles. The van der Waals surface area contributed by atoms with Crippen LogP contribution in [0.3, 0.4) is 0 Å². The van der Waals surface area contributed by atoms with E-state index in [1.807, 2.05) is 13.8 Å². The molecule has 0 bridgehead atoms. The highest BCUT2D eigenvalue weighted by Crippen LogP contribution is 2.30. The quantitative estimate of drug-likeness (QED) is 0.814. The van der Waals surface area contributed by atoms with Crippen molar-refractivity contribution < 1.29 is 8.42 Å². The van der Waals surface area contributed by atoms with E-state index in [0.717, 1.165) is 24.1 Å². The number of sulfonamides is 1. The fraction of sp³-hybridized carbons (Fsp3) is 0.667. The molecular formula is C9H15N3O2S. The zero-order chi connectivity index (χ0) is 11.1. The van der Waals surface area contributed by atoms with Gasteiger partial charge in [0.05, 0.1) is 5.75 Å². The minimum atomic E-state index is -3.21. The molecule has 1 heterocycles. The van der Waals surface area contributed by atoms with Crippen LogP contribution in [0, 0.1) is 19.8 Å². The molecule has 1 fully saturated rings. The number of hydrogen-bond donors (Lipinski definition) is 2. The van der Waals surface area contributed by atoms with E-state index >= 15 is 0 Å². The van der Waals surface area contributed by atoms with Gasteiger partial charge in [-0.15, -0.1) is 0 Å². The van der Waals surface area contributed by atoms with Crippen molar-refractivity contribution in [3.63, 3.8) is 0 Å². The Balaban J connectivity index is 2.10. The maximum absolute atomic E-state index is 11.6. The fourth-order valence-electron chi connectivity index (χ4n) is 1.37. The first kappa shape index (κ1) is 10.5. The van der Waals surface area contributed by atoms with Crippen LogP contribution in [0.5, 0.6) is 0 Å². The van der Waals surface area contributed by atoms with E-state index < -0.39 is 10.0 Å². The molecule has 0 aliphatic heterocycles. The van der Waals surface area contributed by atoms with Crippen LogP contribution in [0.4, 0.5) is 5.82 Å². The van der Waals surface area contributed by atoms with Crippen LogP contribution in [-0.2, 0) is 10.0 Å². The normalized spacial score (nSPS) is 16.7. The van der Waals surface area contributed by atoms with E-state index in [9.17, 15) is 8.42 Å². The molecule has 15 heavy (non-hydrogen) atoms. The van der Waals surface area contributed by atoms with Gasteiger partial charge in [0.1, 0.15) is 0 Å². The third kappa shape index (κ3) is 2.50. The minimum Gasteiger partial charge on any atom is -0.280 e. The molecule has 1 aliphatic rings. The van der Waals surface area contributed by atoms with Gasteiger partial charge in [-0.05, 0) is 32.6 Å². The highest BCUT2D eigenvalue weighted by molar-refractivity contribution is 7.92. The monoisotopic (exact) mass is 229 g/mol. The van der Waals surface area contributed by atoms with E-state index in [4.69, 9.17) is 0 Å². The molecule has 1 aliphatic carbocycles. The van der Waals surface area contributed by atoms with Gasteiger partial charge in [-0.25, -0.2) is 8.42 Å². The summed E-state index contributed by atoms with van der Waals surface area (Å²) in [6, 6.07) is 0. The van der Waals surface area contributed by atoms with Crippen LogP contribution in [0.2, 0.25) is 0 Å². The summed E-state index contributed by atoms with van der Waals surface area (Å²) in [5.41, 5.74) is 1.74. The first-order chi connectivity index (χ1) is 6.98. The van der Waals surface area contributed by atoms with Gasteiger partial charge in [0.2, 0.25) is 10.0 Å². The van der Waals surface area contributed by atoms with E-state index in [-0.39, 0.29) is 5.75 Å². The molecule has 0 amide bonds. The van der Waals surface area contributed by atoms with Crippen LogP contribution in [-0.4, -0.2) is 24.4 Å². The van der Waals surface area contributed by atoms with Crippen molar-refractivity contribution in [1.29, 1.82) is 0 Å². The van der Waals surface area contributed by atoms with Gasteiger partial charge in [0.15, 0.2) is 5.82 Å². The summed E-state index contributed by atoms with van der Waals surface area (Å²) in [6.45, 7) is 3.70. The Hall–Kier alpha value is -1.04. The van der Waals surface area contributed by atoms with Crippen molar-refractivity contribution in [1.82, 2.24) is 10.2 Å². The first-order valence-corrected chi connectivity index (χ1v) is 6.65. The lowest BCUT2D eigenvalue weighted by molar-refractivity contribution is 0.597. The Bertz CT molecular complexity index is 460. The smallest absolute Gasteiger partial charge is 0.234 e. The van der Waals surface area contributed by atoms with Crippen LogP contribution in [0.25, 0.3) is 0 Å². The zero-order valence-electron chi connectivity index (χ0n) is 8.87. The van der Waals surface area contributed by atoms with Crippen molar-refractivity contribution in [3.8, 4) is 0 Å². The lowest BCUT2D eigenvalue weighted by Gasteiger charge is -2.04. The summed E-state index contributed by atoms with van der Waals surface area (Å²) in [5, 5.41) is 6.66. The Labute approximate surface area is 89.3 Å². The first-order valence-electron chi connectivity index (χ1n) is 5.00. The topological polar surface area (TPSA) is 74.8 Å². The second-order valence-electron chi connectivity index (χ2n) is 4.15. The summed E-state index contributed by atoms with van der Waals surface area (Å²) in [4.78, 5) is 0. The number of nitrogens with one attached hydrogen (secondary N) is 2. The van der Waals surface area contributed by atoms with Crippen molar-refractivity contribution in [3.05, 3.63) is 11.3 Å². The van der Waals surface area contributed by atoms with Crippen LogP contribution in [0.15, 0.2) is 0 Å². The molecule has 6 heteroatoms. The van der Waals surface area contributed by atoms with Gasteiger partial charge in [-0.3, -0.25) is 9.82 Å². The third-order valence-corrected chi connectivity index (χ3v) is 4.07. The van der Waals surface area contributed by atoms with E-state index in [1.165, 1.54) is 0 Å². The summed E-state index contributed by atoms with van der Waals surface area (Å²) >= 11 is 0. The van der Waals surface area contributed by atoms with Crippen LogP contribution in [0.1, 0.15) is 24.1 Å². The lowest BCUT2D eigenvalue weighted by Crippen LogP contribution is -2.18. The molecule has 1 aromatic heterocycles. The lowest BCUT2D eigenvalue weighted by atomic mass is 10.3. The second-order valence-corrected chi connectivity index (χ2v) is 5.92. The zero-order valence-corrected chi connectivity index (χ0v) is 9.69. The number of hydrogen-bond acceptors (Lipinski definition) is 3. The van der Waals surface area contributed by atoms with Crippen LogP contribution >= 0.6 is 0 Å². The number of H-pyrrole nitrogens is 1. The van der Waals surface area contributed by atoms with Crippen molar-refractivity contribution in [2.75, 3.05) is 10.5 Å². The number of nitrogens with zero attached hydrogens (tertiary/aromatic N) is 1. The molecule has 2 N–H and O–H groups in total. The SMILES string of the molecule is Cc1[nH]nc(NS(=O)(=O)CC2CC2)c1C. The molecule has 5 nitrogen and oxygen atoms in total. The summed E-state index contributed by atoms with van der Waals surface area (Å²) in [6.07, 6.45) is 2.05. The van der Waals surface area contributed by atoms with Gasteiger partial charge in [-0.1, -0.05) is 0 Å². The van der Waals surface area contributed by atoms with Crippen molar-refractivity contribution in [2.45, 2.75) is 26.7 Å². The molecule has 1 aromatic rings. The van der Waals surface area contributed by atoms with Gasteiger partial charge < -0.3 is 0 Å². The Morgan fingerprint density at radius 3 is 2.60 bits per heavy atom. The molecule has 1 saturated carbocycles.